The number of nitrogens with one attached hydrogen (secondary N) is 1. The van der Waals surface area contributed by atoms with Crippen LogP contribution in [0.1, 0.15) is 42.3 Å². The molecular formula is C20H26F3N3O2. The summed E-state index contributed by atoms with van der Waals surface area (Å²) in [5.41, 5.74) is 7.18. The highest BCUT2D eigenvalue weighted by atomic mass is 19.4. The molecule has 0 unspecified atom stereocenters. The predicted molar refractivity (Wildman–Crippen MR) is 102 cm³/mol. The molecule has 0 spiro atoms. The standard InChI is InChI=1S/C16H15F3N2O2.C4H11N/c1-11-8-12(2-3-14(11)23-10-16(17,18)19)9-21-15(22)13-4-6-20-7-5-13;1-4(2,3)5/h2-8H,9-10H2,1H3,(H,21,22);5H2,1-3H3. The van der Waals surface area contributed by atoms with Crippen LogP contribution in [-0.4, -0.2) is 29.2 Å². The highest BCUT2D eigenvalue weighted by Gasteiger charge is 2.28. The van der Waals surface area contributed by atoms with Crippen LogP contribution in [0.2, 0.25) is 0 Å². The summed E-state index contributed by atoms with van der Waals surface area (Å²) in [5.74, 6) is -0.0750. The van der Waals surface area contributed by atoms with Crippen LogP contribution in [0, 0.1) is 6.92 Å². The molecule has 3 N–H and O–H groups in total. The molecule has 1 aromatic heterocycles. The van der Waals surface area contributed by atoms with E-state index in [1.807, 2.05) is 20.8 Å². The molecule has 0 aliphatic heterocycles. The van der Waals surface area contributed by atoms with Gasteiger partial charge in [-0.2, -0.15) is 13.2 Å². The number of pyridine rings is 1. The van der Waals surface area contributed by atoms with Gasteiger partial charge in [0, 0.05) is 30.0 Å². The van der Waals surface area contributed by atoms with Crippen LogP contribution < -0.4 is 15.8 Å². The number of rotatable bonds is 5. The second kappa shape index (κ2) is 10.1. The van der Waals surface area contributed by atoms with Gasteiger partial charge in [0.2, 0.25) is 0 Å². The van der Waals surface area contributed by atoms with Gasteiger partial charge in [-0.25, -0.2) is 0 Å². The Morgan fingerprint density at radius 2 is 1.71 bits per heavy atom. The number of aryl methyl sites for hydroxylation is 1. The summed E-state index contributed by atoms with van der Waals surface area (Å²) in [6.45, 7) is 6.49. The Morgan fingerprint density at radius 1 is 1.14 bits per heavy atom. The van der Waals surface area contributed by atoms with Gasteiger partial charge in [-0.3, -0.25) is 9.78 Å². The first kappa shape index (κ1) is 23.4. The lowest BCUT2D eigenvalue weighted by Gasteiger charge is -2.12. The van der Waals surface area contributed by atoms with Gasteiger partial charge in [-0.15, -0.1) is 0 Å². The summed E-state index contributed by atoms with van der Waals surface area (Å²) in [6, 6.07) is 7.95. The van der Waals surface area contributed by atoms with Crippen molar-refractivity contribution in [2.24, 2.45) is 5.73 Å². The number of nitrogens with two attached hydrogens (primary N) is 1. The quantitative estimate of drug-likeness (QED) is 0.799. The number of hydrogen-bond donors (Lipinski definition) is 2. The van der Waals surface area contributed by atoms with E-state index in [0.717, 1.165) is 5.56 Å². The van der Waals surface area contributed by atoms with E-state index in [-0.39, 0.29) is 23.7 Å². The number of carbonyl (C=O) groups is 1. The minimum atomic E-state index is -4.37. The molecule has 0 saturated heterocycles. The second-order valence-corrected chi connectivity index (χ2v) is 7.29. The molecule has 5 nitrogen and oxygen atoms in total. The smallest absolute Gasteiger partial charge is 0.422 e. The van der Waals surface area contributed by atoms with Crippen molar-refractivity contribution in [3.8, 4) is 5.75 Å². The predicted octanol–water partition coefficient (Wildman–Crippen LogP) is 4.00. The lowest BCUT2D eigenvalue weighted by Crippen LogP contribution is -2.26. The molecule has 0 aliphatic carbocycles. The molecule has 154 valence electrons. The van der Waals surface area contributed by atoms with Gasteiger partial charge in [-0.05, 0) is 57.0 Å². The summed E-state index contributed by atoms with van der Waals surface area (Å²) in [7, 11) is 0. The first-order chi connectivity index (χ1) is 12.8. The molecule has 1 aromatic carbocycles. The molecule has 2 aromatic rings. The Morgan fingerprint density at radius 3 is 2.21 bits per heavy atom. The normalized spacial score (nSPS) is 11.3. The Labute approximate surface area is 163 Å². The Bertz CT molecular complexity index is 752. The Kier molecular flexibility index (Phi) is 8.43. The number of aromatic nitrogens is 1. The molecule has 1 amide bonds. The number of halogens is 3. The van der Waals surface area contributed by atoms with Gasteiger partial charge < -0.3 is 15.8 Å². The summed E-state index contributed by atoms with van der Waals surface area (Å²) in [5, 5.41) is 2.73. The fourth-order valence-electron chi connectivity index (χ4n) is 1.93. The van der Waals surface area contributed by atoms with E-state index in [1.165, 1.54) is 18.5 Å². The van der Waals surface area contributed by atoms with E-state index < -0.39 is 12.8 Å². The number of carbonyl (C=O) groups excluding carboxylic acids is 1. The van der Waals surface area contributed by atoms with Crippen LogP contribution in [0.5, 0.6) is 5.75 Å². The van der Waals surface area contributed by atoms with Crippen molar-refractivity contribution >= 4 is 5.91 Å². The molecule has 0 saturated carbocycles. The zero-order valence-corrected chi connectivity index (χ0v) is 16.4. The highest BCUT2D eigenvalue weighted by molar-refractivity contribution is 5.93. The van der Waals surface area contributed by atoms with E-state index in [9.17, 15) is 18.0 Å². The minimum absolute atomic E-state index is 0. The number of benzene rings is 1. The Hall–Kier alpha value is -2.61. The van der Waals surface area contributed by atoms with Gasteiger partial charge in [0.15, 0.2) is 6.61 Å². The number of nitrogens with zero attached hydrogens (tertiary/aromatic N) is 1. The van der Waals surface area contributed by atoms with E-state index in [0.29, 0.717) is 11.1 Å². The van der Waals surface area contributed by atoms with Gasteiger partial charge >= 0.3 is 6.18 Å². The van der Waals surface area contributed by atoms with Crippen LogP contribution in [0.3, 0.4) is 0 Å². The van der Waals surface area contributed by atoms with Gasteiger partial charge in [0.25, 0.3) is 5.91 Å². The molecular weight excluding hydrogens is 371 g/mol. The van der Waals surface area contributed by atoms with Gasteiger partial charge in [0.05, 0.1) is 0 Å². The second-order valence-electron chi connectivity index (χ2n) is 7.29. The molecule has 28 heavy (non-hydrogen) atoms. The molecule has 0 bridgehead atoms. The largest absolute Gasteiger partial charge is 0.484 e. The summed E-state index contributed by atoms with van der Waals surface area (Å²) in [4.78, 5) is 15.7. The maximum Gasteiger partial charge on any atom is 0.422 e. The van der Waals surface area contributed by atoms with E-state index in [1.54, 1.807) is 31.2 Å². The molecule has 0 atom stereocenters. The SMILES string of the molecule is CC(C)(C)N.Cc1cc(CNC(=O)c2ccncc2)ccc1OCC(F)(F)F. The Balaban J connectivity index is 0.000000696. The minimum Gasteiger partial charge on any atom is -0.484 e. The number of ether oxygens (including phenoxy) is 1. The lowest BCUT2D eigenvalue weighted by molar-refractivity contribution is -0.153. The molecule has 1 heterocycles. The van der Waals surface area contributed by atoms with Gasteiger partial charge in [0.1, 0.15) is 5.75 Å². The molecule has 8 heteroatoms. The van der Waals surface area contributed by atoms with Gasteiger partial charge in [-0.1, -0.05) is 12.1 Å². The maximum atomic E-state index is 12.1. The van der Waals surface area contributed by atoms with E-state index in [2.05, 4.69) is 10.3 Å². The van der Waals surface area contributed by atoms with E-state index in [4.69, 9.17) is 10.5 Å². The molecule has 2 rings (SSSR count). The molecule has 0 radical (unpaired) electrons. The third-order valence-corrected chi connectivity index (χ3v) is 3.03. The number of hydrogen-bond acceptors (Lipinski definition) is 4. The van der Waals surface area contributed by atoms with Crippen molar-refractivity contribution in [3.05, 3.63) is 59.4 Å². The van der Waals surface area contributed by atoms with Crippen molar-refractivity contribution in [2.45, 2.75) is 46.0 Å². The van der Waals surface area contributed by atoms with Crippen molar-refractivity contribution in [1.29, 1.82) is 0 Å². The third kappa shape index (κ3) is 10.5. The summed E-state index contributed by atoms with van der Waals surface area (Å²) < 4.78 is 41.2. The van der Waals surface area contributed by atoms with Crippen LogP contribution in [0.15, 0.2) is 42.7 Å². The van der Waals surface area contributed by atoms with Crippen molar-refractivity contribution in [2.75, 3.05) is 6.61 Å². The molecule has 0 fully saturated rings. The summed E-state index contributed by atoms with van der Waals surface area (Å²) in [6.07, 6.45) is -1.33. The summed E-state index contributed by atoms with van der Waals surface area (Å²) >= 11 is 0. The zero-order chi connectivity index (χ0) is 21.4. The third-order valence-electron chi connectivity index (χ3n) is 3.03. The van der Waals surface area contributed by atoms with Crippen LogP contribution in [0.4, 0.5) is 13.2 Å². The fraction of sp³-hybridized carbons (Fsp3) is 0.400. The molecule has 0 aliphatic rings. The fourth-order valence-corrected chi connectivity index (χ4v) is 1.93. The van der Waals surface area contributed by atoms with Crippen LogP contribution in [-0.2, 0) is 6.54 Å². The first-order valence-corrected chi connectivity index (χ1v) is 8.61. The van der Waals surface area contributed by atoms with E-state index >= 15 is 0 Å². The van der Waals surface area contributed by atoms with Crippen LogP contribution >= 0.6 is 0 Å². The van der Waals surface area contributed by atoms with Crippen molar-refractivity contribution in [1.82, 2.24) is 10.3 Å². The van der Waals surface area contributed by atoms with Crippen molar-refractivity contribution in [3.63, 3.8) is 0 Å². The van der Waals surface area contributed by atoms with Crippen molar-refractivity contribution < 1.29 is 22.7 Å². The topological polar surface area (TPSA) is 77.2 Å². The number of amides is 1. The number of alkyl halides is 3. The average Bonchev–Trinajstić information content (AvgIpc) is 2.57. The highest BCUT2D eigenvalue weighted by Crippen LogP contribution is 2.22. The zero-order valence-electron chi connectivity index (χ0n) is 16.4. The maximum absolute atomic E-state index is 12.1. The average molecular weight is 397 g/mol. The first-order valence-electron chi connectivity index (χ1n) is 8.61. The monoisotopic (exact) mass is 397 g/mol. The van der Waals surface area contributed by atoms with Crippen LogP contribution in [0.25, 0.3) is 0 Å². The lowest BCUT2D eigenvalue weighted by atomic mass is 10.1.